The van der Waals surface area contributed by atoms with Gasteiger partial charge in [-0.15, -0.1) is 0 Å². The monoisotopic (exact) mass is 267 g/mol. The fourth-order valence-electron chi connectivity index (χ4n) is 1.63. The van der Waals surface area contributed by atoms with Gasteiger partial charge in [0.05, 0.1) is 11.3 Å². The van der Waals surface area contributed by atoms with Gasteiger partial charge in [0.1, 0.15) is 0 Å². The number of carboxylic acids is 1. The van der Waals surface area contributed by atoms with Gasteiger partial charge in [0.2, 0.25) is 0 Å². The zero-order valence-electron chi connectivity index (χ0n) is 7.98. The van der Waals surface area contributed by atoms with E-state index in [9.17, 15) is 4.79 Å². The highest BCUT2D eigenvalue weighted by molar-refractivity contribution is 9.10. The van der Waals surface area contributed by atoms with E-state index in [-0.39, 0.29) is 0 Å². The Kier molecular flexibility index (Phi) is 2.77. The van der Waals surface area contributed by atoms with Crippen molar-refractivity contribution in [3.8, 4) is 0 Å². The van der Waals surface area contributed by atoms with E-state index in [1.165, 1.54) is 0 Å². The van der Waals surface area contributed by atoms with Gasteiger partial charge in [0.25, 0.3) is 0 Å². The molecule has 1 N–H and O–H groups in total. The van der Waals surface area contributed by atoms with Crippen LogP contribution in [0.2, 0.25) is 0 Å². The molecule has 0 spiro atoms. The quantitative estimate of drug-likeness (QED) is 0.838. The highest BCUT2D eigenvalue weighted by Gasteiger charge is 2.16. The van der Waals surface area contributed by atoms with Crippen LogP contribution in [0.25, 0.3) is 0 Å². The molecule has 1 aliphatic heterocycles. The first-order valence-corrected chi connectivity index (χ1v) is 5.40. The third-order valence-electron chi connectivity index (χ3n) is 2.35. The minimum Gasteiger partial charge on any atom is -0.478 e. The molecule has 0 aliphatic carbocycles. The molecule has 0 radical (unpaired) electrons. The van der Waals surface area contributed by atoms with Crippen LogP contribution >= 0.6 is 15.9 Å². The molecule has 1 aliphatic rings. The first kappa shape index (κ1) is 10.2. The van der Waals surface area contributed by atoms with Gasteiger partial charge in [-0.2, -0.15) is 0 Å². The van der Waals surface area contributed by atoms with Gasteiger partial charge in [0.15, 0.2) is 0 Å². The van der Waals surface area contributed by atoms with Crippen molar-refractivity contribution in [1.29, 1.82) is 0 Å². The van der Waals surface area contributed by atoms with Gasteiger partial charge in [-0.25, -0.2) is 4.79 Å². The Morgan fingerprint density at radius 3 is 2.60 bits per heavy atom. The molecule has 15 heavy (non-hydrogen) atoms. The van der Waals surface area contributed by atoms with Crippen molar-refractivity contribution >= 4 is 27.6 Å². The van der Waals surface area contributed by atoms with E-state index in [1.54, 1.807) is 6.07 Å². The van der Waals surface area contributed by atoms with Crippen LogP contribution in [0.1, 0.15) is 10.4 Å². The number of carbonyl (C=O) groups is 1. The first-order valence-electron chi connectivity index (χ1n) is 4.61. The molecule has 0 saturated carbocycles. The standard InChI is InChI=1S/C11H10BrNO2/c12-8-3-4-10(9(7-8)11(14)15)13-5-1-2-6-13/h1-4,7H,5-6H2,(H,14,15). The average molecular weight is 268 g/mol. The highest BCUT2D eigenvalue weighted by Crippen LogP contribution is 2.25. The Labute approximate surface area is 96.1 Å². The maximum absolute atomic E-state index is 11.1. The zero-order valence-corrected chi connectivity index (χ0v) is 9.57. The zero-order chi connectivity index (χ0) is 10.8. The molecule has 3 nitrogen and oxygen atoms in total. The Hall–Kier alpha value is -1.29. The third kappa shape index (κ3) is 2.04. The molecule has 1 aromatic carbocycles. The van der Waals surface area contributed by atoms with Crippen molar-refractivity contribution in [2.75, 3.05) is 18.0 Å². The molecular formula is C11H10BrNO2. The number of halogens is 1. The number of benzene rings is 1. The van der Waals surface area contributed by atoms with Crippen molar-refractivity contribution in [3.63, 3.8) is 0 Å². The van der Waals surface area contributed by atoms with Crippen LogP contribution in [-0.4, -0.2) is 24.2 Å². The van der Waals surface area contributed by atoms with Gasteiger partial charge in [0, 0.05) is 17.6 Å². The third-order valence-corrected chi connectivity index (χ3v) is 2.84. The van der Waals surface area contributed by atoms with Crippen molar-refractivity contribution in [1.82, 2.24) is 0 Å². The normalized spacial score (nSPS) is 14.6. The lowest BCUT2D eigenvalue weighted by Crippen LogP contribution is -2.21. The molecule has 0 bridgehead atoms. The fourth-order valence-corrected chi connectivity index (χ4v) is 1.99. The lowest BCUT2D eigenvalue weighted by atomic mass is 10.1. The van der Waals surface area contributed by atoms with E-state index in [1.807, 2.05) is 29.2 Å². The van der Waals surface area contributed by atoms with Crippen LogP contribution < -0.4 is 4.90 Å². The van der Waals surface area contributed by atoms with Crippen LogP contribution in [0.15, 0.2) is 34.8 Å². The number of carboxylic acid groups (broad SMARTS) is 1. The molecule has 0 fully saturated rings. The summed E-state index contributed by atoms with van der Waals surface area (Å²) >= 11 is 3.28. The SMILES string of the molecule is O=C(O)c1cc(Br)ccc1N1CC=CC1. The van der Waals surface area contributed by atoms with E-state index in [2.05, 4.69) is 15.9 Å². The molecule has 0 amide bonds. The van der Waals surface area contributed by atoms with Crippen molar-refractivity contribution < 1.29 is 9.90 Å². The second kappa shape index (κ2) is 4.06. The summed E-state index contributed by atoms with van der Waals surface area (Å²) in [6, 6.07) is 5.33. The highest BCUT2D eigenvalue weighted by atomic mass is 79.9. The second-order valence-electron chi connectivity index (χ2n) is 3.34. The molecule has 0 saturated heterocycles. The minimum absolute atomic E-state index is 0.341. The van der Waals surface area contributed by atoms with Gasteiger partial charge >= 0.3 is 5.97 Å². The van der Waals surface area contributed by atoms with E-state index in [0.717, 1.165) is 23.2 Å². The molecule has 78 valence electrons. The summed E-state index contributed by atoms with van der Waals surface area (Å²) in [6.45, 7) is 1.56. The van der Waals surface area contributed by atoms with Crippen LogP contribution in [0.4, 0.5) is 5.69 Å². The van der Waals surface area contributed by atoms with Gasteiger partial charge in [-0.1, -0.05) is 28.1 Å². The smallest absolute Gasteiger partial charge is 0.337 e. The Bertz CT molecular complexity index is 421. The predicted molar refractivity (Wildman–Crippen MR) is 62.5 cm³/mol. The molecule has 0 unspecified atom stereocenters. The first-order chi connectivity index (χ1) is 7.18. The van der Waals surface area contributed by atoms with E-state index >= 15 is 0 Å². The van der Waals surface area contributed by atoms with Crippen LogP contribution in [0, 0.1) is 0 Å². The molecule has 0 atom stereocenters. The number of aromatic carboxylic acids is 1. The molecule has 2 rings (SSSR count). The predicted octanol–water partition coefficient (Wildman–Crippen LogP) is 2.52. The molecular weight excluding hydrogens is 258 g/mol. The largest absolute Gasteiger partial charge is 0.478 e. The fraction of sp³-hybridized carbons (Fsp3) is 0.182. The van der Waals surface area contributed by atoms with Crippen molar-refractivity contribution in [2.24, 2.45) is 0 Å². The molecule has 1 heterocycles. The second-order valence-corrected chi connectivity index (χ2v) is 4.26. The summed E-state index contributed by atoms with van der Waals surface area (Å²) in [5.41, 5.74) is 1.11. The summed E-state index contributed by atoms with van der Waals surface area (Å²) in [6.07, 6.45) is 4.07. The van der Waals surface area contributed by atoms with Gasteiger partial charge in [-0.05, 0) is 18.2 Å². The number of hydrogen-bond acceptors (Lipinski definition) is 2. The minimum atomic E-state index is -0.891. The molecule has 1 aromatic rings. The summed E-state index contributed by atoms with van der Waals surface area (Å²) in [4.78, 5) is 13.1. The molecule has 0 aromatic heterocycles. The van der Waals surface area contributed by atoms with Gasteiger partial charge < -0.3 is 10.0 Å². The average Bonchev–Trinajstić information content (AvgIpc) is 2.70. The lowest BCUT2D eigenvalue weighted by Gasteiger charge is -2.19. The van der Waals surface area contributed by atoms with Crippen LogP contribution in [0.5, 0.6) is 0 Å². The van der Waals surface area contributed by atoms with Gasteiger partial charge in [-0.3, -0.25) is 0 Å². The maximum Gasteiger partial charge on any atom is 0.337 e. The Morgan fingerprint density at radius 2 is 2.00 bits per heavy atom. The Morgan fingerprint density at radius 1 is 1.33 bits per heavy atom. The van der Waals surface area contributed by atoms with E-state index in [4.69, 9.17) is 5.11 Å². The molecule has 4 heteroatoms. The van der Waals surface area contributed by atoms with Crippen molar-refractivity contribution in [2.45, 2.75) is 0 Å². The number of hydrogen-bond donors (Lipinski definition) is 1. The summed E-state index contributed by atoms with van der Waals surface area (Å²) in [7, 11) is 0. The maximum atomic E-state index is 11.1. The summed E-state index contributed by atoms with van der Waals surface area (Å²) in [5.74, 6) is -0.891. The van der Waals surface area contributed by atoms with E-state index < -0.39 is 5.97 Å². The number of anilines is 1. The summed E-state index contributed by atoms with van der Waals surface area (Å²) in [5, 5.41) is 9.08. The number of rotatable bonds is 2. The van der Waals surface area contributed by atoms with Crippen LogP contribution in [-0.2, 0) is 0 Å². The topological polar surface area (TPSA) is 40.5 Å². The summed E-state index contributed by atoms with van der Waals surface area (Å²) < 4.78 is 0.788. The van der Waals surface area contributed by atoms with E-state index in [0.29, 0.717) is 5.56 Å². The van der Waals surface area contributed by atoms with Crippen molar-refractivity contribution in [3.05, 3.63) is 40.4 Å². The Balaban J connectivity index is 2.41. The van der Waals surface area contributed by atoms with Crippen LogP contribution in [0.3, 0.4) is 0 Å². The lowest BCUT2D eigenvalue weighted by molar-refractivity contribution is 0.0697. The number of nitrogens with zero attached hydrogens (tertiary/aromatic N) is 1.